The molecule has 0 fully saturated rings. The number of nitrogens with zero attached hydrogens (tertiary/aromatic N) is 2. The van der Waals surface area contributed by atoms with Crippen LogP contribution in [0.1, 0.15) is 24.1 Å². The van der Waals surface area contributed by atoms with E-state index in [4.69, 9.17) is 10.5 Å². The zero-order valence-electron chi connectivity index (χ0n) is 10.4. The van der Waals surface area contributed by atoms with E-state index in [1.807, 2.05) is 36.0 Å². The lowest BCUT2D eigenvalue weighted by atomic mass is 10.2. The summed E-state index contributed by atoms with van der Waals surface area (Å²) in [6.45, 7) is 2.63. The lowest BCUT2D eigenvalue weighted by Crippen LogP contribution is -2.04. The number of nitrogens with two attached hydrogens (primary N) is 1. The molecule has 18 heavy (non-hydrogen) atoms. The van der Waals surface area contributed by atoms with E-state index in [1.54, 1.807) is 13.3 Å². The number of aromatic nitrogens is 2. The second kappa shape index (κ2) is 5.54. The third-order valence-corrected chi connectivity index (χ3v) is 3.54. The van der Waals surface area contributed by atoms with Crippen LogP contribution in [0.2, 0.25) is 0 Å². The Labute approximate surface area is 115 Å². The van der Waals surface area contributed by atoms with Gasteiger partial charge in [-0.3, -0.25) is 4.68 Å². The van der Waals surface area contributed by atoms with Crippen molar-refractivity contribution in [1.29, 1.82) is 0 Å². The molecule has 0 bridgehead atoms. The van der Waals surface area contributed by atoms with E-state index in [-0.39, 0.29) is 6.04 Å². The van der Waals surface area contributed by atoms with Crippen molar-refractivity contribution in [2.24, 2.45) is 5.73 Å². The van der Waals surface area contributed by atoms with Gasteiger partial charge in [-0.2, -0.15) is 5.10 Å². The van der Waals surface area contributed by atoms with Crippen molar-refractivity contribution in [2.75, 3.05) is 7.11 Å². The molecule has 0 amide bonds. The van der Waals surface area contributed by atoms with Crippen LogP contribution in [0, 0.1) is 0 Å². The fraction of sp³-hybridized carbons (Fsp3) is 0.308. The number of methoxy groups -OCH3 is 1. The van der Waals surface area contributed by atoms with Crippen LogP contribution in [0.25, 0.3) is 0 Å². The number of benzene rings is 1. The molecular formula is C13H16BrN3O. The number of rotatable bonds is 4. The zero-order valence-corrected chi connectivity index (χ0v) is 12.0. The van der Waals surface area contributed by atoms with E-state index in [1.165, 1.54) is 0 Å². The third kappa shape index (κ3) is 2.91. The fourth-order valence-corrected chi connectivity index (χ4v) is 2.05. The normalized spacial score (nSPS) is 12.4. The second-order valence-electron chi connectivity index (χ2n) is 4.22. The average Bonchev–Trinajstić information content (AvgIpc) is 2.81. The monoisotopic (exact) mass is 309 g/mol. The molecule has 0 aliphatic heterocycles. The van der Waals surface area contributed by atoms with Gasteiger partial charge in [0, 0.05) is 22.3 Å². The van der Waals surface area contributed by atoms with E-state index in [0.717, 1.165) is 21.3 Å². The smallest absolute Gasteiger partial charge is 0.119 e. The molecule has 4 nitrogen and oxygen atoms in total. The molecule has 1 aromatic carbocycles. The first-order valence-corrected chi connectivity index (χ1v) is 6.50. The Bertz CT molecular complexity index is 537. The molecule has 2 rings (SSSR count). The van der Waals surface area contributed by atoms with Gasteiger partial charge in [-0.25, -0.2) is 0 Å². The Morgan fingerprint density at radius 2 is 2.28 bits per heavy atom. The summed E-state index contributed by atoms with van der Waals surface area (Å²) in [5, 5.41) is 4.30. The van der Waals surface area contributed by atoms with Crippen molar-refractivity contribution < 1.29 is 4.74 Å². The standard InChI is InChI=1S/C13H16BrN3O/c1-9(15)11-6-16-17(8-11)7-10-5-12(18-2)3-4-13(10)14/h3-6,8-9H,7,15H2,1-2H3. The van der Waals surface area contributed by atoms with Gasteiger partial charge in [-0.05, 0) is 30.7 Å². The predicted octanol–water partition coefficient (Wildman–Crippen LogP) is 2.72. The van der Waals surface area contributed by atoms with Crippen molar-refractivity contribution in [3.05, 3.63) is 46.2 Å². The Balaban J connectivity index is 2.22. The lowest BCUT2D eigenvalue weighted by molar-refractivity contribution is 0.414. The quantitative estimate of drug-likeness (QED) is 0.944. The van der Waals surface area contributed by atoms with Gasteiger partial charge in [-0.15, -0.1) is 0 Å². The highest BCUT2D eigenvalue weighted by Crippen LogP contribution is 2.23. The Morgan fingerprint density at radius 3 is 2.89 bits per heavy atom. The van der Waals surface area contributed by atoms with Gasteiger partial charge in [-0.1, -0.05) is 15.9 Å². The first-order valence-electron chi connectivity index (χ1n) is 5.70. The SMILES string of the molecule is COc1ccc(Br)c(Cn2cc(C(C)N)cn2)c1. The largest absolute Gasteiger partial charge is 0.497 e. The Morgan fingerprint density at radius 1 is 1.50 bits per heavy atom. The molecule has 2 N–H and O–H groups in total. The number of halogens is 1. The number of hydrogen-bond acceptors (Lipinski definition) is 3. The molecule has 1 atom stereocenters. The molecule has 2 aromatic rings. The highest BCUT2D eigenvalue weighted by atomic mass is 79.9. The predicted molar refractivity (Wildman–Crippen MR) is 74.6 cm³/mol. The molecule has 1 aromatic heterocycles. The molecule has 1 heterocycles. The fourth-order valence-electron chi connectivity index (χ4n) is 1.67. The van der Waals surface area contributed by atoms with E-state index in [9.17, 15) is 0 Å². The summed E-state index contributed by atoms with van der Waals surface area (Å²) in [6, 6.07) is 5.90. The van der Waals surface area contributed by atoms with E-state index >= 15 is 0 Å². The van der Waals surface area contributed by atoms with Crippen LogP contribution in [-0.4, -0.2) is 16.9 Å². The van der Waals surface area contributed by atoms with Crippen LogP contribution in [0.4, 0.5) is 0 Å². The summed E-state index contributed by atoms with van der Waals surface area (Å²) in [5.74, 6) is 0.841. The summed E-state index contributed by atoms with van der Waals surface area (Å²) in [4.78, 5) is 0. The van der Waals surface area contributed by atoms with Crippen molar-refractivity contribution in [1.82, 2.24) is 9.78 Å². The van der Waals surface area contributed by atoms with Crippen LogP contribution >= 0.6 is 15.9 Å². The molecular weight excluding hydrogens is 294 g/mol. The topological polar surface area (TPSA) is 53.1 Å². The van der Waals surface area contributed by atoms with Crippen LogP contribution < -0.4 is 10.5 Å². The molecule has 0 spiro atoms. The molecule has 0 aliphatic carbocycles. The molecule has 96 valence electrons. The zero-order chi connectivity index (χ0) is 13.1. The average molecular weight is 310 g/mol. The van der Waals surface area contributed by atoms with Crippen LogP contribution in [0.3, 0.4) is 0 Å². The van der Waals surface area contributed by atoms with Gasteiger partial charge in [0.05, 0.1) is 19.9 Å². The minimum absolute atomic E-state index is 0.00694. The summed E-state index contributed by atoms with van der Waals surface area (Å²) >= 11 is 3.53. The van der Waals surface area contributed by atoms with Crippen molar-refractivity contribution in [3.8, 4) is 5.75 Å². The maximum absolute atomic E-state index is 5.81. The van der Waals surface area contributed by atoms with Crippen LogP contribution in [0.5, 0.6) is 5.75 Å². The summed E-state index contributed by atoms with van der Waals surface area (Å²) in [5.41, 5.74) is 7.97. The highest BCUT2D eigenvalue weighted by Gasteiger charge is 2.06. The van der Waals surface area contributed by atoms with Crippen molar-refractivity contribution >= 4 is 15.9 Å². The van der Waals surface area contributed by atoms with Crippen molar-refractivity contribution in [2.45, 2.75) is 19.5 Å². The maximum Gasteiger partial charge on any atom is 0.119 e. The summed E-state index contributed by atoms with van der Waals surface area (Å²) < 4.78 is 8.14. The van der Waals surface area contributed by atoms with Crippen LogP contribution in [-0.2, 0) is 6.54 Å². The van der Waals surface area contributed by atoms with Gasteiger partial charge in [0.15, 0.2) is 0 Å². The summed E-state index contributed by atoms with van der Waals surface area (Å²) in [6.07, 6.45) is 3.77. The minimum Gasteiger partial charge on any atom is -0.497 e. The third-order valence-electron chi connectivity index (χ3n) is 2.76. The molecule has 0 aliphatic rings. The Hall–Kier alpha value is -1.33. The van der Waals surface area contributed by atoms with Gasteiger partial charge in [0.1, 0.15) is 5.75 Å². The molecule has 0 saturated carbocycles. The molecule has 0 saturated heterocycles. The molecule has 5 heteroatoms. The van der Waals surface area contributed by atoms with Gasteiger partial charge in [0.2, 0.25) is 0 Å². The molecule has 0 radical (unpaired) electrons. The lowest BCUT2D eigenvalue weighted by Gasteiger charge is -2.07. The number of hydrogen-bond donors (Lipinski definition) is 1. The highest BCUT2D eigenvalue weighted by molar-refractivity contribution is 9.10. The first-order chi connectivity index (χ1) is 8.60. The van der Waals surface area contributed by atoms with Gasteiger partial charge >= 0.3 is 0 Å². The minimum atomic E-state index is 0.00694. The first kappa shape index (κ1) is 13.1. The van der Waals surface area contributed by atoms with Gasteiger partial charge in [0.25, 0.3) is 0 Å². The second-order valence-corrected chi connectivity index (χ2v) is 5.07. The van der Waals surface area contributed by atoms with Crippen LogP contribution in [0.15, 0.2) is 35.1 Å². The van der Waals surface area contributed by atoms with Crippen molar-refractivity contribution in [3.63, 3.8) is 0 Å². The molecule has 1 unspecified atom stereocenters. The van der Waals surface area contributed by atoms with E-state index in [0.29, 0.717) is 6.54 Å². The maximum atomic E-state index is 5.81. The summed E-state index contributed by atoms with van der Waals surface area (Å²) in [7, 11) is 1.66. The van der Waals surface area contributed by atoms with E-state index in [2.05, 4.69) is 21.0 Å². The number of ether oxygens (including phenoxy) is 1. The van der Waals surface area contributed by atoms with E-state index < -0.39 is 0 Å². The van der Waals surface area contributed by atoms with Gasteiger partial charge < -0.3 is 10.5 Å². The Kier molecular flexibility index (Phi) is 4.04.